The van der Waals surface area contributed by atoms with Gasteiger partial charge >= 0.3 is 0 Å². The highest BCUT2D eigenvalue weighted by Crippen LogP contribution is 2.24. The Kier molecular flexibility index (Phi) is 8.05. The monoisotopic (exact) mass is 572 g/mol. The van der Waals surface area contributed by atoms with E-state index >= 15 is 0 Å². The maximum atomic E-state index is 14.1. The van der Waals surface area contributed by atoms with Crippen LogP contribution in [-0.4, -0.2) is 41.6 Å². The van der Waals surface area contributed by atoms with Gasteiger partial charge in [-0.2, -0.15) is 10.2 Å². The summed E-state index contributed by atoms with van der Waals surface area (Å²) >= 11 is 6.28. The molecule has 0 saturated carbocycles. The number of carbonyl (C=O) groups excluding carboxylic acids is 1. The molecule has 2 N–H and O–H groups in total. The molecule has 0 fully saturated rings. The lowest BCUT2D eigenvalue weighted by atomic mass is 10.0. The normalized spacial score (nSPS) is 12.5. The Balaban J connectivity index is 0.00000165. The molecule has 10 nitrogen and oxygen atoms in total. The van der Waals surface area contributed by atoms with E-state index in [-0.39, 0.29) is 28.8 Å². The summed E-state index contributed by atoms with van der Waals surface area (Å²) in [6, 6.07) is 13.0. The summed E-state index contributed by atoms with van der Waals surface area (Å²) in [7, 11) is 1.83. The smallest absolute Gasteiger partial charge is 0.284 e. The maximum Gasteiger partial charge on any atom is 0.284 e. The molecule has 0 spiro atoms. The number of hydrogen-bond donors (Lipinski definition) is 2. The van der Waals surface area contributed by atoms with Crippen molar-refractivity contribution in [3.8, 4) is 11.4 Å². The first-order chi connectivity index (χ1) is 19.8. The van der Waals surface area contributed by atoms with Crippen LogP contribution < -0.4 is 16.2 Å². The van der Waals surface area contributed by atoms with E-state index in [4.69, 9.17) is 16.6 Å². The van der Waals surface area contributed by atoms with E-state index < -0.39 is 5.91 Å². The first kappa shape index (κ1) is 28.3. The molecule has 212 valence electrons. The van der Waals surface area contributed by atoms with Gasteiger partial charge in [0.15, 0.2) is 11.2 Å². The second kappa shape index (κ2) is 11.7. The maximum absolute atomic E-state index is 14.1. The number of benzene rings is 2. The van der Waals surface area contributed by atoms with Crippen LogP contribution in [0.15, 0.2) is 53.5 Å². The topological polar surface area (TPSA) is 112 Å². The summed E-state index contributed by atoms with van der Waals surface area (Å²) < 4.78 is 4.72. The number of hydrogen-bond acceptors (Lipinski definition) is 6. The van der Waals surface area contributed by atoms with Gasteiger partial charge in [0.2, 0.25) is 0 Å². The minimum Gasteiger partial charge on any atom is -0.345 e. The van der Waals surface area contributed by atoms with Crippen molar-refractivity contribution in [2.75, 3.05) is 6.54 Å². The summed E-state index contributed by atoms with van der Waals surface area (Å²) in [5, 5.41) is 15.7. The van der Waals surface area contributed by atoms with Gasteiger partial charge in [-0.05, 0) is 73.8 Å². The average molecular weight is 573 g/mol. The van der Waals surface area contributed by atoms with Gasteiger partial charge in [-0.25, -0.2) is 9.67 Å². The molecule has 0 atom stereocenters. The van der Waals surface area contributed by atoms with Crippen LogP contribution in [-0.2, 0) is 26.6 Å². The van der Waals surface area contributed by atoms with Crippen molar-refractivity contribution < 1.29 is 4.79 Å². The number of rotatable bonds is 5. The van der Waals surface area contributed by atoms with Crippen molar-refractivity contribution in [2.45, 2.75) is 47.2 Å². The zero-order valence-corrected chi connectivity index (χ0v) is 24.6. The largest absolute Gasteiger partial charge is 0.345 e. The molecular weight excluding hydrogens is 540 g/mol. The van der Waals surface area contributed by atoms with Crippen molar-refractivity contribution in [3.05, 3.63) is 97.9 Å². The van der Waals surface area contributed by atoms with E-state index in [0.717, 1.165) is 36.3 Å². The summed E-state index contributed by atoms with van der Waals surface area (Å²) in [6.07, 6.45) is 2.83. The van der Waals surface area contributed by atoms with Crippen LogP contribution in [0.25, 0.3) is 22.4 Å². The molecule has 0 unspecified atom stereocenters. The molecule has 0 radical (unpaired) electrons. The lowest BCUT2D eigenvalue weighted by Crippen LogP contribution is -2.27. The van der Waals surface area contributed by atoms with Gasteiger partial charge < -0.3 is 10.6 Å². The summed E-state index contributed by atoms with van der Waals surface area (Å²) in [6.45, 7) is 9.59. The number of fused-ring (bicyclic) bond motifs is 2. The quantitative estimate of drug-likeness (QED) is 0.327. The number of amides is 1. The third-order valence-corrected chi connectivity index (χ3v) is 7.23. The van der Waals surface area contributed by atoms with E-state index in [1.54, 1.807) is 40.4 Å². The average Bonchev–Trinajstić information content (AvgIpc) is 3.51. The molecule has 5 aromatic rings. The van der Waals surface area contributed by atoms with Crippen LogP contribution in [0.4, 0.5) is 0 Å². The molecule has 3 aromatic heterocycles. The number of nitrogens with zero attached hydrogens (tertiary/aromatic N) is 6. The number of carbonyl (C=O) groups is 1. The lowest BCUT2D eigenvalue weighted by molar-refractivity contribution is 0.0946. The van der Waals surface area contributed by atoms with Gasteiger partial charge in [0, 0.05) is 24.8 Å². The molecule has 2 aromatic carbocycles. The zero-order chi connectivity index (χ0) is 29.3. The highest BCUT2D eigenvalue weighted by Gasteiger charge is 2.25. The van der Waals surface area contributed by atoms with Crippen LogP contribution in [0, 0.1) is 13.8 Å². The second-order valence-corrected chi connectivity index (χ2v) is 10.2. The van der Waals surface area contributed by atoms with E-state index in [1.807, 2.05) is 46.1 Å². The molecule has 1 aliphatic rings. The van der Waals surface area contributed by atoms with E-state index in [0.29, 0.717) is 22.2 Å². The standard InChI is InChI=1S/C28H27ClN8O2.C2H6/c1-16-15-35(3)33-23(16)14-31-27(38)25-24-26(37(34-25)22-6-4-5-20(29)12-22)28(39)36(17(2)32-24)21-8-7-18-9-10-30-13-19(18)11-21;1-2/h4-8,11-12,15,30H,9-10,13-14H2,1-3H3,(H,31,38);1-2H3. The predicted molar refractivity (Wildman–Crippen MR) is 160 cm³/mol. The van der Waals surface area contributed by atoms with Crippen LogP contribution in [0.3, 0.4) is 0 Å². The first-order valence-electron chi connectivity index (χ1n) is 13.7. The molecule has 11 heteroatoms. The minimum absolute atomic E-state index is 0.0561. The lowest BCUT2D eigenvalue weighted by Gasteiger charge is -2.19. The third-order valence-electron chi connectivity index (χ3n) is 7.00. The van der Waals surface area contributed by atoms with Gasteiger partial charge in [-0.3, -0.25) is 18.8 Å². The zero-order valence-electron chi connectivity index (χ0n) is 23.8. The minimum atomic E-state index is -0.449. The predicted octanol–water partition coefficient (Wildman–Crippen LogP) is 4.18. The number of halogens is 1. The Labute approximate surface area is 243 Å². The molecule has 1 amide bonds. The highest BCUT2D eigenvalue weighted by molar-refractivity contribution is 6.30. The van der Waals surface area contributed by atoms with Gasteiger partial charge in [0.1, 0.15) is 11.3 Å². The van der Waals surface area contributed by atoms with E-state index in [9.17, 15) is 9.59 Å². The number of aryl methyl sites for hydroxylation is 3. The van der Waals surface area contributed by atoms with Crippen molar-refractivity contribution in [1.29, 1.82) is 0 Å². The molecule has 6 rings (SSSR count). The fraction of sp³-hybridized carbons (Fsp3) is 0.300. The van der Waals surface area contributed by atoms with Crippen LogP contribution in [0.5, 0.6) is 0 Å². The van der Waals surface area contributed by atoms with Crippen LogP contribution in [0.2, 0.25) is 5.02 Å². The van der Waals surface area contributed by atoms with Crippen LogP contribution in [0.1, 0.15) is 52.5 Å². The first-order valence-corrected chi connectivity index (χ1v) is 14.1. The van der Waals surface area contributed by atoms with Gasteiger partial charge in [0.25, 0.3) is 11.5 Å². The SMILES string of the molecule is CC.Cc1cn(C)nc1CNC(=O)c1nn(-c2cccc(Cl)c2)c2c(=O)n(-c3ccc4c(c3)CNCC4)c(C)nc12. The summed E-state index contributed by atoms with van der Waals surface area (Å²) in [5.74, 6) is 0.00576. The van der Waals surface area contributed by atoms with Crippen LogP contribution >= 0.6 is 11.6 Å². The molecule has 0 bridgehead atoms. The van der Waals surface area contributed by atoms with Gasteiger partial charge in [-0.15, -0.1) is 0 Å². The Morgan fingerprint density at radius 2 is 1.88 bits per heavy atom. The molecular formula is C30H33ClN8O2. The Morgan fingerprint density at radius 1 is 1.07 bits per heavy atom. The van der Waals surface area contributed by atoms with Gasteiger partial charge in [0.05, 0.1) is 23.6 Å². The summed E-state index contributed by atoms with van der Waals surface area (Å²) in [4.78, 5) is 32.3. The Bertz CT molecular complexity index is 1820. The fourth-order valence-electron chi connectivity index (χ4n) is 5.11. The third kappa shape index (κ3) is 5.40. The number of nitrogens with one attached hydrogen (secondary N) is 2. The molecule has 0 saturated heterocycles. The fourth-order valence-corrected chi connectivity index (χ4v) is 5.29. The number of aromatic nitrogens is 6. The summed E-state index contributed by atoms with van der Waals surface area (Å²) in [5.41, 5.74) is 5.54. The molecule has 0 aliphatic carbocycles. The molecule has 4 heterocycles. The highest BCUT2D eigenvalue weighted by atomic mass is 35.5. The van der Waals surface area contributed by atoms with Gasteiger partial charge in [-0.1, -0.05) is 37.6 Å². The van der Waals surface area contributed by atoms with E-state index in [2.05, 4.69) is 26.9 Å². The Morgan fingerprint density at radius 3 is 2.61 bits per heavy atom. The van der Waals surface area contributed by atoms with Crippen molar-refractivity contribution in [1.82, 2.24) is 39.7 Å². The second-order valence-electron chi connectivity index (χ2n) is 9.73. The van der Waals surface area contributed by atoms with E-state index in [1.165, 1.54) is 10.2 Å². The molecule has 41 heavy (non-hydrogen) atoms. The van der Waals surface area contributed by atoms with Crippen molar-refractivity contribution in [3.63, 3.8) is 0 Å². The van der Waals surface area contributed by atoms with Crippen molar-refractivity contribution >= 4 is 28.5 Å². The van der Waals surface area contributed by atoms with Crippen molar-refractivity contribution in [2.24, 2.45) is 7.05 Å². The Hall–Kier alpha value is -4.28. The molecule has 1 aliphatic heterocycles.